The summed E-state index contributed by atoms with van der Waals surface area (Å²) in [6.07, 6.45) is 0.372. The number of carboxylic acid groups (broad SMARTS) is 2. The summed E-state index contributed by atoms with van der Waals surface area (Å²) in [5, 5.41) is 22.4. The highest BCUT2D eigenvalue weighted by molar-refractivity contribution is 5.80. The zero-order valence-corrected chi connectivity index (χ0v) is 20.2. The highest BCUT2D eigenvalue weighted by Gasteiger charge is 2.27. The molecule has 0 fully saturated rings. The van der Waals surface area contributed by atoms with Crippen LogP contribution in [0.4, 0.5) is 9.59 Å². The number of carbonyl (C=O) groups excluding carboxylic acids is 2. The van der Waals surface area contributed by atoms with Crippen LogP contribution in [0.15, 0.2) is 0 Å². The fraction of sp³-hybridized carbons (Fsp3) is 0.810. The van der Waals surface area contributed by atoms with E-state index in [0.29, 0.717) is 19.3 Å². The Labute approximate surface area is 185 Å². The first kappa shape index (κ1) is 30.7. The third-order valence-electron chi connectivity index (χ3n) is 3.72. The number of amides is 2. The van der Waals surface area contributed by atoms with Crippen LogP contribution >= 0.6 is 0 Å². The number of nitrogens with one attached hydrogen (secondary N) is 2. The molecule has 0 aliphatic carbocycles. The number of carbonyl (C=O) groups is 4. The van der Waals surface area contributed by atoms with Crippen molar-refractivity contribution in [2.45, 2.75) is 105 Å². The van der Waals surface area contributed by atoms with Crippen molar-refractivity contribution < 1.29 is 38.9 Å². The van der Waals surface area contributed by atoms with E-state index in [1.165, 1.54) is 0 Å². The summed E-state index contributed by atoms with van der Waals surface area (Å²) in [5.74, 6) is -2.21. The maximum Gasteiger partial charge on any atom is 0.408 e. The van der Waals surface area contributed by atoms with Crippen molar-refractivity contribution >= 4 is 24.1 Å². The molecule has 0 aliphatic rings. The lowest BCUT2D eigenvalue weighted by Crippen LogP contribution is -2.46. The van der Waals surface area contributed by atoms with E-state index in [2.05, 4.69) is 10.6 Å². The lowest BCUT2D eigenvalue weighted by Gasteiger charge is -2.24. The second kappa shape index (κ2) is 13.7. The molecule has 0 radical (unpaired) electrons. The van der Waals surface area contributed by atoms with E-state index in [1.54, 1.807) is 48.5 Å². The number of aliphatic carboxylic acids is 2. The monoisotopic (exact) mass is 448 g/mol. The zero-order valence-electron chi connectivity index (χ0n) is 20.2. The van der Waals surface area contributed by atoms with Gasteiger partial charge in [0, 0.05) is 0 Å². The lowest BCUT2D eigenvalue weighted by atomic mass is 10.00. The van der Waals surface area contributed by atoms with Gasteiger partial charge in [-0.05, 0) is 53.9 Å². The summed E-state index contributed by atoms with van der Waals surface area (Å²) in [6, 6.07) is -1.77. The molecule has 3 unspecified atom stereocenters. The van der Waals surface area contributed by atoms with Gasteiger partial charge >= 0.3 is 24.1 Å². The standard InChI is InChI=1S/C11H21NO4.C10H19NO4/c1-6-7(2)8(9(13)14)12-10(15)16-11(3,4)5;1-5-6-7(8(12)13)11-9(14)15-10(2,3)4/h7-8H,6H2,1-5H3,(H,12,15)(H,13,14);7H,5-6H2,1-4H3,(H,11,14)(H,12,13). The first-order chi connectivity index (χ1) is 13.9. The molecule has 0 aromatic heterocycles. The van der Waals surface area contributed by atoms with Crippen LogP contribution < -0.4 is 10.6 Å². The molecule has 0 saturated heterocycles. The third kappa shape index (κ3) is 16.9. The molecule has 0 saturated carbocycles. The number of hydrogen-bond acceptors (Lipinski definition) is 6. The van der Waals surface area contributed by atoms with Crippen molar-refractivity contribution in [2.75, 3.05) is 0 Å². The number of rotatable bonds is 8. The fourth-order valence-corrected chi connectivity index (χ4v) is 2.11. The highest BCUT2D eigenvalue weighted by atomic mass is 16.6. The van der Waals surface area contributed by atoms with Gasteiger partial charge in [0.25, 0.3) is 0 Å². The minimum Gasteiger partial charge on any atom is -0.480 e. The molecule has 0 aromatic rings. The Morgan fingerprint density at radius 3 is 1.52 bits per heavy atom. The Bertz CT molecular complexity index is 593. The Balaban J connectivity index is 0. The molecule has 31 heavy (non-hydrogen) atoms. The van der Waals surface area contributed by atoms with Crippen LogP contribution in [-0.2, 0) is 19.1 Å². The van der Waals surface area contributed by atoms with Gasteiger partial charge in [-0.2, -0.15) is 0 Å². The second-order valence-corrected chi connectivity index (χ2v) is 9.17. The van der Waals surface area contributed by atoms with E-state index >= 15 is 0 Å². The quantitative estimate of drug-likeness (QED) is 0.438. The molecule has 3 atom stereocenters. The molecular formula is C21H40N2O8. The lowest BCUT2D eigenvalue weighted by molar-refractivity contribution is -0.141. The van der Waals surface area contributed by atoms with Gasteiger partial charge < -0.3 is 30.3 Å². The molecule has 0 aromatic carbocycles. The van der Waals surface area contributed by atoms with E-state index in [9.17, 15) is 19.2 Å². The predicted molar refractivity (Wildman–Crippen MR) is 116 cm³/mol. The van der Waals surface area contributed by atoms with Gasteiger partial charge in [0.1, 0.15) is 23.3 Å². The maximum atomic E-state index is 11.4. The smallest absolute Gasteiger partial charge is 0.408 e. The Kier molecular flexibility index (Phi) is 13.6. The number of carboxylic acids is 2. The summed E-state index contributed by atoms with van der Waals surface area (Å²) < 4.78 is 9.95. The highest BCUT2D eigenvalue weighted by Crippen LogP contribution is 2.11. The van der Waals surface area contributed by atoms with Crippen LogP contribution in [0.1, 0.15) is 81.6 Å². The minimum absolute atomic E-state index is 0.134. The van der Waals surface area contributed by atoms with E-state index in [0.717, 1.165) is 0 Å². The molecule has 2 amide bonds. The first-order valence-corrected chi connectivity index (χ1v) is 10.4. The molecule has 0 heterocycles. The van der Waals surface area contributed by atoms with Gasteiger partial charge in [-0.1, -0.05) is 33.6 Å². The van der Waals surface area contributed by atoms with E-state index in [4.69, 9.17) is 19.7 Å². The van der Waals surface area contributed by atoms with Crippen molar-refractivity contribution in [3.63, 3.8) is 0 Å². The molecular weight excluding hydrogens is 408 g/mol. The van der Waals surface area contributed by atoms with E-state index in [1.807, 2.05) is 13.8 Å². The average molecular weight is 449 g/mol. The SMILES string of the molecule is CCC(C)C(NC(=O)OC(C)(C)C)C(=O)O.CCCC(NC(=O)OC(C)(C)C)C(=O)O. The van der Waals surface area contributed by atoms with Crippen LogP contribution in [0.5, 0.6) is 0 Å². The Morgan fingerprint density at radius 2 is 1.23 bits per heavy atom. The van der Waals surface area contributed by atoms with Crippen molar-refractivity contribution in [3.8, 4) is 0 Å². The van der Waals surface area contributed by atoms with Crippen molar-refractivity contribution in [1.82, 2.24) is 10.6 Å². The molecule has 0 rings (SSSR count). The molecule has 0 aliphatic heterocycles. The van der Waals surface area contributed by atoms with Crippen LogP contribution in [-0.4, -0.2) is 57.6 Å². The topological polar surface area (TPSA) is 151 Å². The largest absolute Gasteiger partial charge is 0.480 e. The van der Waals surface area contributed by atoms with Crippen molar-refractivity contribution in [1.29, 1.82) is 0 Å². The first-order valence-electron chi connectivity index (χ1n) is 10.4. The predicted octanol–water partition coefficient (Wildman–Crippen LogP) is 3.77. The third-order valence-corrected chi connectivity index (χ3v) is 3.72. The van der Waals surface area contributed by atoms with Gasteiger partial charge in [-0.15, -0.1) is 0 Å². The van der Waals surface area contributed by atoms with Crippen molar-refractivity contribution in [3.05, 3.63) is 0 Å². The Morgan fingerprint density at radius 1 is 0.806 bits per heavy atom. The second-order valence-electron chi connectivity index (χ2n) is 9.17. The number of ether oxygens (including phenoxy) is 2. The number of hydrogen-bond donors (Lipinski definition) is 4. The van der Waals surface area contributed by atoms with Crippen LogP contribution in [0, 0.1) is 5.92 Å². The molecule has 10 nitrogen and oxygen atoms in total. The Hall–Kier alpha value is -2.52. The van der Waals surface area contributed by atoms with E-state index in [-0.39, 0.29) is 5.92 Å². The maximum absolute atomic E-state index is 11.4. The molecule has 182 valence electrons. The van der Waals surface area contributed by atoms with Crippen molar-refractivity contribution in [2.24, 2.45) is 5.92 Å². The molecule has 10 heteroatoms. The minimum atomic E-state index is -1.04. The van der Waals surface area contributed by atoms with Crippen LogP contribution in [0.3, 0.4) is 0 Å². The summed E-state index contributed by atoms with van der Waals surface area (Å²) in [5.41, 5.74) is -1.23. The van der Waals surface area contributed by atoms with E-state index < -0.39 is 47.4 Å². The number of alkyl carbamates (subject to hydrolysis) is 2. The normalized spacial score (nSPS) is 14.1. The zero-order chi connectivity index (χ0) is 25.0. The summed E-state index contributed by atoms with van der Waals surface area (Å²) >= 11 is 0. The van der Waals surface area contributed by atoms with Crippen LogP contribution in [0.2, 0.25) is 0 Å². The summed E-state index contributed by atoms with van der Waals surface area (Å²) in [6.45, 7) is 15.9. The van der Waals surface area contributed by atoms with Gasteiger partial charge in [-0.3, -0.25) is 0 Å². The van der Waals surface area contributed by atoms with Crippen LogP contribution in [0.25, 0.3) is 0 Å². The molecule has 0 spiro atoms. The average Bonchev–Trinajstić information content (AvgIpc) is 2.55. The molecule has 0 bridgehead atoms. The molecule has 4 N–H and O–H groups in total. The van der Waals surface area contributed by atoms with Gasteiger partial charge in [0.05, 0.1) is 0 Å². The van der Waals surface area contributed by atoms with Gasteiger partial charge in [0.15, 0.2) is 0 Å². The summed E-state index contributed by atoms with van der Waals surface area (Å²) in [7, 11) is 0. The fourth-order valence-electron chi connectivity index (χ4n) is 2.11. The van der Waals surface area contributed by atoms with Gasteiger partial charge in [0.2, 0.25) is 0 Å². The summed E-state index contributed by atoms with van der Waals surface area (Å²) in [4.78, 5) is 44.3. The van der Waals surface area contributed by atoms with Gasteiger partial charge in [-0.25, -0.2) is 19.2 Å².